The van der Waals surface area contributed by atoms with Gasteiger partial charge >= 0.3 is 5.97 Å². The molecule has 2 atom stereocenters. The second-order valence-corrected chi connectivity index (χ2v) is 9.36. The summed E-state index contributed by atoms with van der Waals surface area (Å²) < 4.78 is 10.8. The molecule has 4 rings (SSSR count). The van der Waals surface area contributed by atoms with Crippen molar-refractivity contribution in [2.75, 3.05) is 31.2 Å². The van der Waals surface area contributed by atoms with E-state index < -0.39 is 6.23 Å². The number of nitrogens with zero attached hydrogens (tertiary/aromatic N) is 2. The first kappa shape index (κ1) is 23.3. The van der Waals surface area contributed by atoms with Gasteiger partial charge in [-0.3, -0.25) is 20.3 Å². The predicted molar refractivity (Wildman–Crippen MR) is 130 cm³/mol. The molecule has 33 heavy (non-hydrogen) atoms. The van der Waals surface area contributed by atoms with Crippen molar-refractivity contribution in [2.24, 2.45) is 16.8 Å². The molecule has 2 aliphatic heterocycles. The van der Waals surface area contributed by atoms with Crippen LogP contribution in [-0.4, -0.2) is 60.4 Å². The summed E-state index contributed by atoms with van der Waals surface area (Å²) in [5, 5.41) is 6.61. The quantitative estimate of drug-likeness (QED) is 0.380. The number of hydrazone groups is 1. The van der Waals surface area contributed by atoms with Crippen molar-refractivity contribution in [3.8, 4) is 5.75 Å². The molecule has 174 valence electrons. The van der Waals surface area contributed by atoms with E-state index >= 15 is 0 Å². The van der Waals surface area contributed by atoms with Crippen LogP contribution < -0.4 is 10.5 Å². The zero-order chi connectivity index (χ0) is 23.2. The van der Waals surface area contributed by atoms with Crippen molar-refractivity contribution in [1.82, 2.24) is 5.01 Å². The molecule has 2 unspecified atom stereocenters. The van der Waals surface area contributed by atoms with Gasteiger partial charge in [-0.05, 0) is 42.7 Å². The number of benzene rings is 2. The van der Waals surface area contributed by atoms with Crippen molar-refractivity contribution in [3.63, 3.8) is 0 Å². The largest absolute Gasteiger partial charge is 0.475 e. The van der Waals surface area contributed by atoms with Gasteiger partial charge in [0.2, 0.25) is 0 Å². The van der Waals surface area contributed by atoms with E-state index in [4.69, 9.17) is 15.2 Å². The number of nitrogens with two attached hydrogens (primary N) is 1. The predicted octanol–water partition coefficient (Wildman–Crippen LogP) is 3.09. The van der Waals surface area contributed by atoms with Crippen molar-refractivity contribution in [1.29, 1.82) is 0 Å². The molecule has 2 heterocycles. The van der Waals surface area contributed by atoms with Crippen LogP contribution in [0.5, 0.6) is 5.75 Å². The van der Waals surface area contributed by atoms with Gasteiger partial charge in [0, 0.05) is 41.6 Å². The fourth-order valence-corrected chi connectivity index (χ4v) is 4.85. The highest BCUT2D eigenvalue weighted by atomic mass is 32.2. The maximum absolute atomic E-state index is 13.1. The number of esters is 1. The summed E-state index contributed by atoms with van der Waals surface area (Å²) in [6.07, 6.45) is 2.00. The van der Waals surface area contributed by atoms with E-state index in [9.17, 15) is 9.59 Å². The number of ether oxygens (including phenoxy) is 2. The zero-order valence-electron chi connectivity index (χ0n) is 18.7. The van der Waals surface area contributed by atoms with Gasteiger partial charge in [0.1, 0.15) is 5.75 Å². The van der Waals surface area contributed by atoms with Crippen LogP contribution in [0.3, 0.4) is 0 Å². The summed E-state index contributed by atoms with van der Waals surface area (Å²) in [7, 11) is 0. The standard InChI is InChI=1S/C25H29N3O4S/c1-2-31-23(29)15-21-14-20-13-19(7-8-22(20)32-25(21)26)24(30)18-5-3-17(4-6-18)16-27-28-9-11-33-12-10-28/h3-8,13,16,21,25H,2,9-12,14-15,26H2,1H3. The van der Waals surface area contributed by atoms with Crippen LogP contribution in [-0.2, 0) is 16.0 Å². The van der Waals surface area contributed by atoms with E-state index in [1.807, 2.05) is 48.3 Å². The van der Waals surface area contributed by atoms with E-state index in [0.29, 0.717) is 29.9 Å². The summed E-state index contributed by atoms with van der Waals surface area (Å²) in [5.41, 5.74) is 9.12. The van der Waals surface area contributed by atoms with Gasteiger partial charge in [-0.2, -0.15) is 16.9 Å². The van der Waals surface area contributed by atoms with Crippen LogP contribution in [0.2, 0.25) is 0 Å². The number of hydrogen-bond donors (Lipinski definition) is 1. The van der Waals surface area contributed by atoms with Crippen LogP contribution in [0.15, 0.2) is 47.6 Å². The number of hydrogen-bond acceptors (Lipinski definition) is 8. The van der Waals surface area contributed by atoms with Crippen LogP contribution in [0, 0.1) is 5.92 Å². The SMILES string of the molecule is CCOC(=O)CC1Cc2cc(C(=O)c3ccc(C=NN4CCSCC4)cc3)ccc2OC1N. The average molecular weight is 468 g/mol. The van der Waals surface area contributed by atoms with Gasteiger partial charge in [0.15, 0.2) is 12.0 Å². The summed E-state index contributed by atoms with van der Waals surface area (Å²) in [4.78, 5) is 25.0. The maximum atomic E-state index is 13.1. The van der Waals surface area contributed by atoms with E-state index in [1.54, 1.807) is 19.1 Å². The monoisotopic (exact) mass is 467 g/mol. The first-order chi connectivity index (χ1) is 16.0. The molecule has 0 aliphatic carbocycles. The zero-order valence-corrected chi connectivity index (χ0v) is 19.6. The number of thioether (sulfide) groups is 1. The van der Waals surface area contributed by atoms with Gasteiger partial charge in [-0.25, -0.2) is 0 Å². The highest BCUT2D eigenvalue weighted by Gasteiger charge is 2.30. The Balaban J connectivity index is 1.43. The molecular formula is C25H29N3O4S. The molecule has 0 radical (unpaired) electrons. The Kier molecular flexibility index (Phi) is 7.67. The molecule has 0 spiro atoms. The fourth-order valence-electron chi connectivity index (χ4n) is 3.96. The molecular weight excluding hydrogens is 438 g/mol. The Morgan fingerprint density at radius 2 is 1.91 bits per heavy atom. The molecule has 2 aromatic rings. The van der Waals surface area contributed by atoms with Crippen LogP contribution in [0.4, 0.5) is 0 Å². The normalized spacial score (nSPS) is 20.2. The summed E-state index contributed by atoms with van der Waals surface area (Å²) in [5.74, 6) is 2.31. The molecule has 0 amide bonds. The first-order valence-electron chi connectivity index (χ1n) is 11.3. The molecule has 2 aliphatic rings. The minimum Gasteiger partial charge on any atom is -0.475 e. The van der Waals surface area contributed by atoms with E-state index in [0.717, 1.165) is 35.7 Å². The van der Waals surface area contributed by atoms with E-state index in [2.05, 4.69) is 10.1 Å². The molecule has 0 aromatic heterocycles. The summed E-state index contributed by atoms with van der Waals surface area (Å²) >= 11 is 1.95. The van der Waals surface area contributed by atoms with Crippen LogP contribution >= 0.6 is 11.8 Å². The topological polar surface area (TPSA) is 94.2 Å². The van der Waals surface area contributed by atoms with Gasteiger partial charge in [-0.1, -0.05) is 24.3 Å². The third kappa shape index (κ3) is 5.94. The minimum atomic E-state index is -0.582. The first-order valence-corrected chi connectivity index (χ1v) is 12.4. The van der Waals surface area contributed by atoms with Gasteiger partial charge in [0.05, 0.1) is 19.2 Å². The molecule has 7 nitrogen and oxygen atoms in total. The summed E-state index contributed by atoms with van der Waals surface area (Å²) in [6, 6.07) is 12.8. The van der Waals surface area contributed by atoms with Gasteiger partial charge < -0.3 is 9.47 Å². The Morgan fingerprint density at radius 1 is 1.18 bits per heavy atom. The van der Waals surface area contributed by atoms with Crippen molar-refractivity contribution in [2.45, 2.75) is 26.0 Å². The number of carbonyl (C=O) groups is 2. The maximum Gasteiger partial charge on any atom is 0.306 e. The molecule has 2 aromatic carbocycles. The Hall–Kier alpha value is -2.84. The highest BCUT2D eigenvalue weighted by molar-refractivity contribution is 7.99. The lowest BCUT2D eigenvalue weighted by atomic mass is 9.90. The third-order valence-electron chi connectivity index (χ3n) is 5.80. The van der Waals surface area contributed by atoms with Crippen LogP contribution in [0.25, 0.3) is 0 Å². The van der Waals surface area contributed by atoms with E-state index in [-0.39, 0.29) is 24.1 Å². The molecule has 0 bridgehead atoms. The van der Waals surface area contributed by atoms with Gasteiger partial charge in [-0.15, -0.1) is 0 Å². The highest BCUT2D eigenvalue weighted by Crippen LogP contribution is 2.32. The average Bonchev–Trinajstić information content (AvgIpc) is 2.83. The van der Waals surface area contributed by atoms with Crippen molar-refractivity contribution in [3.05, 3.63) is 64.7 Å². The Labute approximate surface area is 198 Å². The lowest BCUT2D eigenvalue weighted by molar-refractivity contribution is -0.145. The molecule has 8 heteroatoms. The Bertz CT molecular complexity index is 1020. The molecule has 1 saturated heterocycles. The van der Waals surface area contributed by atoms with Gasteiger partial charge in [0.25, 0.3) is 0 Å². The molecule has 1 fully saturated rings. The van der Waals surface area contributed by atoms with Crippen molar-refractivity contribution >= 4 is 29.7 Å². The Morgan fingerprint density at radius 3 is 2.64 bits per heavy atom. The van der Waals surface area contributed by atoms with E-state index in [1.165, 1.54) is 0 Å². The lowest BCUT2D eigenvalue weighted by Crippen LogP contribution is -2.41. The fraction of sp³-hybridized carbons (Fsp3) is 0.400. The summed E-state index contributed by atoms with van der Waals surface area (Å²) in [6.45, 7) is 4.03. The minimum absolute atomic E-state index is 0.0637. The van der Waals surface area contributed by atoms with Crippen molar-refractivity contribution < 1.29 is 19.1 Å². The number of fused-ring (bicyclic) bond motifs is 1. The second-order valence-electron chi connectivity index (χ2n) is 8.14. The third-order valence-corrected chi connectivity index (χ3v) is 6.74. The second kappa shape index (κ2) is 10.9. The molecule has 2 N–H and O–H groups in total. The molecule has 0 saturated carbocycles. The lowest BCUT2D eigenvalue weighted by Gasteiger charge is -2.30. The number of ketones is 1. The van der Waals surface area contributed by atoms with Crippen LogP contribution in [0.1, 0.15) is 40.4 Å². The number of rotatable bonds is 7. The number of carbonyl (C=O) groups excluding carboxylic acids is 2. The smallest absolute Gasteiger partial charge is 0.306 e.